The Morgan fingerprint density at radius 3 is 3.12 bits per heavy atom. The third-order valence-electron chi connectivity index (χ3n) is 2.54. The van der Waals surface area contributed by atoms with Gasteiger partial charge in [-0.25, -0.2) is 0 Å². The fourth-order valence-electron chi connectivity index (χ4n) is 1.70. The van der Waals surface area contributed by atoms with Crippen LogP contribution in [0.1, 0.15) is 5.56 Å². The molecule has 1 aromatic heterocycles. The molecule has 2 rings (SSSR count). The fraction of sp³-hybridized carbons (Fsp3) is 0.286. The van der Waals surface area contributed by atoms with Crippen molar-refractivity contribution in [2.45, 2.75) is 6.54 Å². The summed E-state index contributed by atoms with van der Waals surface area (Å²) in [5, 5.41) is 4.49. The van der Waals surface area contributed by atoms with Crippen LogP contribution in [0.2, 0.25) is 0 Å². The van der Waals surface area contributed by atoms with E-state index in [0.717, 1.165) is 18.7 Å². The van der Waals surface area contributed by atoms with Gasteiger partial charge in [-0.1, -0.05) is 24.3 Å². The number of benzene rings is 1. The maximum atomic E-state index is 5.46. The molecule has 0 spiro atoms. The van der Waals surface area contributed by atoms with Crippen molar-refractivity contribution in [1.29, 1.82) is 0 Å². The van der Waals surface area contributed by atoms with E-state index in [1.54, 1.807) is 6.08 Å². The zero-order valence-corrected chi connectivity index (χ0v) is 9.82. The molecular weight excluding hydrogens is 214 g/mol. The van der Waals surface area contributed by atoms with Gasteiger partial charge in [0.25, 0.3) is 0 Å². The molecule has 2 aromatic rings. The van der Waals surface area contributed by atoms with Crippen molar-refractivity contribution >= 4 is 11.0 Å². The average Bonchev–Trinajstić information content (AvgIpc) is 2.77. The van der Waals surface area contributed by atoms with Crippen molar-refractivity contribution in [3.05, 3.63) is 48.7 Å². The lowest BCUT2D eigenvalue weighted by molar-refractivity contribution is 0.164. The SMILES string of the molecule is C=CCOCCNCc1coc2ccccc12. The molecule has 90 valence electrons. The first-order valence-corrected chi connectivity index (χ1v) is 5.76. The predicted octanol–water partition coefficient (Wildman–Crippen LogP) is 2.73. The number of hydrogen-bond acceptors (Lipinski definition) is 3. The van der Waals surface area contributed by atoms with Crippen LogP contribution in [0.5, 0.6) is 0 Å². The van der Waals surface area contributed by atoms with Gasteiger partial charge in [0.2, 0.25) is 0 Å². The molecule has 1 heterocycles. The first-order valence-electron chi connectivity index (χ1n) is 5.76. The highest BCUT2D eigenvalue weighted by Crippen LogP contribution is 2.20. The molecule has 0 unspecified atom stereocenters. The van der Waals surface area contributed by atoms with Crippen LogP contribution in [-0.4, -0.2) is 19.8 Å². The second-order valence-corrected chi connectivity index (χ2v) is 3.80. The van der Waals surface area contributed by atoms with Gasteiger partial charge >= 0.3 is 0 Å². The van der Waals surface area contributed by atoms with Crippen LogP contribution in [0.25, 0.3) is 11.0 Å². The Labute approximate surface area is 101 Å². The molecule has 17 heavy (non-hydrogen) atoms. The third kappa shape index (κ3) is 3.19. The lowest BCUT2D eigenvalue weighted by Crippen LogP contribution is -2.19. The van der Waals surface area contributed by atoms with Gasteiger partial charge in [0.15, 0.2) is 0 Å². The van der Waals surface area contributed by atoms with Gasteiger partial charge in [0.1, 0.15) is 5.58 Å². The van der Waals surface area contributed by atoms with Crippen LogP contribution >= 0.6 is 0 Å². The molecule has 1 aromatic carbocycles. The zero-order valence-electron chi connectivity index (χ0n) is 9.82. The molecule has 0 amide bonds. The van der Waals surface area contributed by atoms with Crippen LogP contribution in [-0.2, 0) is 11.3 Å². The van der Waals surface area contributed by atoms with E-state index in [-0.39, 0.29) is 0 Å². The molecule has 0 fully saturated rings. The van der Waals surface area contributed by atoms with E-state index < -0.39 is 0 Å². The smallest absolute Gasteiger partial charge is 0.134 e. The summed E-state index contributed by atoms with van der Waals surface area (Å²) in [6.07, 6.45) is 3.56. The number of ether oxygens (including phenoxy) is 1. The number of para-hydroxylation sites is 1. The Morgan fingerprint density at radius 2 is 2.24 bits per heavy atom. The molecule has 0 bridgehead atoms. The van der Waals surface area contributed by atoms with Crippen LogP contribution < -0.4 is 5.32 Å². The first kappa shape index (κ1) is 11.9. The van der Waals surface area contributed by atoms with Crippen molar-refractivity contribution < 1.29 is 9.15 Å². The monoisotopic (exact) mass is 231 g/mol. The quantitative estimate of drug-likeness (QED) is 0.587. The molecule has 3 nitrogen and oxygen atoms in total. The van der Waals surface area contributed by atoms with Crippen LogP contribution in [0, 0.1) is 0 Å². The summed E-state index contributed by atoms with van der Waals surface area (Å²) >= 11 is 0. The minimum absolute atomic E-state index is 0.607. The van der Waals surface area contributed by atoms with Gasteiger partial charge in [0, 0.05) is 24.0 Å². The Hall–Kier alpha value is -1.58. The maximum absolute atomic E-state index is 5.46. The third-order valence-corrected chi connectivity index (χ3v) is 2.54. The molecule has 0 aliphatic heterocycles. The molecule has 0 aliphatic carbocycles. The Morgan fingerprint density at radius 1 is 1.35 bits per heavy atom. The topological polar surface area (TPSA) is 34.4 Å². The standard InChI is InChI=1S/C14H17NO2/c1-2-8-16-9-7-15-10-12-11-17-14-6-4-3-5-13(12)14/h2-6,11,15H,1,7-10H2. The van der Waals surface area contributed by atoms with E-state index in [0.29, 0.717) is 13.2 Å². The van der Waals surface area contributed by atoms with E-state index in [1.807, 2.05) is 24.5 Å². The highest BCUT2D eigenvalue weighted by atomic mass is 16.5. The molecule has 0 saturated carbocycles. The summed E-state index contributed by atoms with van der Waals surface area (Å²) in [5.74, 6) is 0. The summed E-state index contributed by atoms with van der Waals surface area (Å²) in [5.41, 5.74) is 2.12. The van der Waals surface area contributed by atoms with Crippen molar-refractivity contribution in [1.82, 2.24) is 5.32 Å². The maximum Gasteiger partial charge on any atom is 0.134 e. The highest BCUT2D eigenvalue weighted by molar-refractivity contribution is 5.80. The van der Waals surface area contributed by atoms with Crippen LogP contribution in [0.15, 0.2) is 47.6 Å². The van der Waals surface area contributed by atoms with Gasteiger partial charge < -0.3 is 14.5 Å². The van der Waals surface area contributed by atoms with Crippen molar-refractivity contribution in [3.8, 4) is 0 Å². The molecule has 0 radical (unpaired) electrons. The van der Waals surface area contributed by atoms with Crippen molar-refractivity contribution in [2.75, 3.05) is 19.8 Å². The van der Waals surface area contributed by atoms with E-state index in [9.17, 15) is 0 Å². The molecule has 3 heteroatoms. The second kappa shape index (κ2) is 6.23. The summed E-state index contributed by atoms with van der Waals surface area (Å²) in [6.45, 7) is 6.53. The summed E-state index contributed by atoms with van der Waals surface area (Å²) in [6, 6.07) is 8.05. The van der Waals surface area contributed by atoms with Gasteiger partial charge in [-0.15, -0.1) is 6.58 Å². The number of furan rings is 1. The zero-order chi connectivity index (χ0) is 11.9. The number of fused-ring (bicyclic) bond motifs is 1. The summed E-state index contributed by atoms with van der Waals surface area (Å²) in [4.78, 5) is 0. The minimum atomic E-state index is 0.607. The average molecular weight is 231 g/mol. The number of rotatable bonds is 7. The molecule has 0 atom stereocenters. The van der Waals surface area contributed by atoms with Crippen LogP contribution in [0.3, 0.4) is 0 Å². The Balaban J connectivity index is 1.81. The lowest BCUT2D eigenvalue weighted by Gasteiger charge is -2.03. The predicted molar refractivity (Wildman–Crippen MR) is 68.9 cm³/mol. The van der Waals surface area contributed by atoms with E-state index in [2.05, 4.69) is 18.0 Å². The van der Waals surface area contributed by atoms with Crippen LogP contribution in [0.4, 0.5) is 0 Å². The summed E-state index contributed by atoms with van der Waals surface area (Å²) < 4.78 is 10.7. The summed E-state index contributed by atoms with van der Waals surface area (Å²) in [7, 11) is 0. The molecule has 1 N–H and O–H groups in total. The number of hydrogen-bond donors (Lipinski definition) is 1. The van der Waals surface area contributed by atoms with Gasteiger partial charge in [0.05, 0.1) is 19.5 Å². The van der Waals surface area contributed by atoms with Crippen molar-refractivity contribution in [3.63, 3.8) is 0 Å². The van der Waals surface area contributed by atoms with E-state index >= 15 is 0 Å². The van der Waals surface area contributed by atoms with E-state index in [1.165, 1.54) is 10.9 Å². The van der Waals surface area contributed by atoms with Gasteiger partial charge in [-0.2, -0.15) is 0 Å². The molecule has 0 aliphatic rings. The lowest BCUT2D eigenvalue weighted by atomic mass is 10.2. The second-order valence-electron chi connectivity index (χ2n) is 3.80. The Bertz CT molecular complexity index is 476. The Kier molecular flexibility index (Phi) is 4.36. The fourth-order valence-corrected chi connectivity index (χ4v) is 1.70. The number of nitrogens with one attached hydrogen (secondary N) is 1. The van der Waals surface area contributed by atoms with Gasteiger partial charge in [-0.3, -0.25) is 0 Å². The van der Waals surface area contributed by atoms with E-state index in [4.69, 9.17) is 9.15 Å². The first-order chi connectivity index (χ1) is 8.42. The normalized spacial score (nSPS) is 10.8. The van der Waals surface area contributed by atoms with Gasteiger partial charge in [-0.05, 0) is 6.07 Å². The molecular formula is C14H17NO2. The molecule has 0 saturated heterocycles. The minimum Gasteiger partial charge on any atom is -0.464 e. The van der Waals surface area contributed by atoms with Crippen molar-refractivity contribution in [2.24, 2.45) is 0 Å². The highest BCUT2D eigenvalue weighted by Gasteiger charge is 2.03. The largest absolute Gasteiger partial charge is 0.464 e.